The molecule has 0 unspecified atom stereocenters. The zero-order valence-electron chi connectivity index (χ0n) is 10.4. The van der Waals surface area contributed by atoms with Crippen LogP contribution in [0, 0.1) is 11.7 Å². The third kappa shape index (κ3) is 3.21. The fourth-order valence-electron chi connectivity index (χ4n) is 2.12. The maximum Gasteiger partial charge on any atom is 0.335 e. The Morgan fingerprint density at radius 1 is 1.37 bits per heavy atom. The zero-order valence-corrected chi connectivity index (χ0v) is 10.4. The molecule has 0 atom stereocenters. The molecule has 0 spiro atoms. The van der Waals surface area contributed by atoms with Crippen LogP contribution in [-0.2, 0) is 0 Å². The molecule has 0 bridgehead atoms. The molecule has 1 aliphatic carbocycles. The summed E-state index contributed by atoms with van der Waals surface area (Å²) in [5.41, 5.74) is -0.210. The molecule has 1 aliphatic rings. The van der Waals surface area contributed by atoms with E-state index in [2.05, 4.69) is 17.6 Å². The van der Waals surface area contributed by atoms with Crippen LogP contribution < -0.4 is 10.6 Å². The molecule has 1 aromatic rings. The first kappa shape index (κ1) is 13.3. The zero-order chi connectivity index (χ0) is 14.0. The van der Waals surface area contributed by atoms with Crippen molar-refractivity contribution in [3.05, 3.63) is 29.6 Å². The lowest BCUT2D eigenvalue weighted by atomic mass is 9.82. The Balaban J connectivity index is 1.99. The van der Waals surface area contributed by atoms with Crippen LogP contribution in [0.5, 0.6) is 0 Å². The minimum Gasteiger partial charge on any atom is -0.478 e. The Labute approximate surface area is 109 Å². The SMILES string of the molecule is CC1CC(NC(=O)Nc2cc(C(=O)O)ccc2F)C1. The lowest BCUT2D eigenvalue weighted by Crippen LogP contribution is -2.45. The second kappa shape index (κ2) is 5.26. The summed E-state index contributed by atoms with van der Waals surface area (Å²) in [6.45, 7) is 2.09. The molecule has 1 fully saturated rings. The Hall–Kier alpha value is -2.11. The number of urea groups is 1. The van der Waals surface area contributed by atoms with Gasteiger partial charge in [-0.2, -0.15) is 0 Å². The van der Waals surface area contributed by atoms with Gasteiger partial charge in [0, 0.05) is 6.04 Å². The molecule has 19 heavy (non-hydrogen) atoms. The van der Waals surface area contributed by atoms with Crippen LogP contribution in [0.2, 0.25) is 0 Å². The molecule has 0 saturated heterocycles. The fourth-order valence-corrected chi connectivity index (χ4v) is 2.12. The number of rotatable bonds is 3. The average Bonchev–Trinajstić information content (AvgIpc) is 2.29. The molecule has 2 rings (SSSR count). The molecule has 102 valence electrons. The fraction of sp³-hybridized carbons (Fsp3) is 0.385. The van der Waals surface area contributed by atoms with Crippen LogP contribution >= 0.6 is 0 Å². The number of hydrogen-bond acceptors (Lipinski definition) is 2. The highest BCUT2D eigenvalue weighted by atomic mass is 19.1. The van der Waals surface area contributed by atoms with Gasteiger partial charge in [0.1, 0.15) is 5.82 Å². The molecule has 1 aromatic carbocycles. The molecule has 0 aliphatic heterocycles. The standard InChI is InChI=1S/C13H15FN2O3/c1-7-4-9(5-7)15-13(19)16-11-6-8(12(17)18)2-3-10(11)14/h2-3,6-7,9H,4-5H2,1H3,(H,17,18)(H2,15,16,19). The van der Waals surface area contributed by atoms with E-state index in [-0.39, 0.29) is 17.3 Å². The number of carbonyl (C=O) groups is 2. The summed E-state index contributed by atoms with van der Waals surface area (Å²) in [5.74, 6) is -1.24. The summed E-state index contributed by atoms with van der Waals surface area (Å²) in [5, 5.41) is 13.8. The van der Waals surface area contributed by atoms with Gasteiger partial charge in [-0.1, -0.05) is 6.92 Å². The van der Waals surface area contributed by atoms with E-state index in [4.69, 9.17) is 5.11 Å². The first-order valence-electron chi connectivity index (χ1n) is 6.06. The largest absolute Gasteiger partial charge is 0.478 e. The number of carboxylic acids is 1. The number of anilines is 1. The molecule has 0 heterocycles. The van der Waals surface area contributed by atoms with Crippen LogP contribution in [-0.4, -0.2) is 23.1 Å². The number of hydrogen-bond donors (Lipinski definition) is 3. The number of benzene rings is 1. The summed E-state index contributed by atoms with van der Waals surface area (Å²) in [6.07, 6.45) is 1.82. The van der Waals surface area contributed by atoms with Crippen molar-refractivity contribution in [1.82, 2.24) is 5.32 Å². The maximum atomic E-state index is 13.5. The minimum atomic E-state index is -1.17. The van der Waals surface area contributed by atoms with E-state index in [1.54, 1.807) is 0 Å². The van der Waals surface area contributed by atoms with E-state index in [1.165, 1.54) is 0 Å². The quantitative estimate of drug-likeness (QED) is 0.786. The van der Waals surface area contributed by atoms with Gasteiger partial charge in [0.15, 0.2) is 0 Å². The van der Waals surface area contributed by atoms with Crippen LogP contribution in [0.1, 0.15) is 30.1 Å². The second-order valence-corrected chi connectivity index (χ2v) is 4.87. The number of halogens is 1. The number of carbonyl (C=O) groups excluding carboxylic acids is 1. The van der Waals surface area contributed by atoms with E-state index < -0.39 is 17.8 Å². The Bertz CT molecular complexity index is 513. The van der Waals surface area contributed by atoms with Gasteiger partial charge in [0.25, 0.3) is 0 Å². The highest BCUT2D eigenvalue weighted by Crippen LogP contribution is 2.26. The van der Waals surface area contributed by atoms with E-state index in [9.17, 15) is 14.0 Å². The molecule has 5 nitrogen and oxygen atoms in total. The molecule has 1 saturated carbocycles. The van der Waals surface area contributed by atoms with E-state index in [1.807, 2.05) is 0 Å². The Kier molecular flexibility index (Phi) is 3.69. The highest BCUT2D eigenvalue weighted by molar-refractivity contribution is 5.93. The highest BCUT2D eigenvalue weighted by Gasteiger charge is 2.26. The lowest BCUT2D eigenvalue weighted by molar-refractivity contribution is 0.0697. The van der Waals surface area contributed by atoms with E-state index in [0.717, 1.165) is 31.0 Å². The van der Waals surface area contributed by atoms with Crippen molar-refractivity contribution < 1.29 is 19.1 Å². The monoisotopic (exact) mass is 266 g/mol. The summed E-state index contributed by atoms with van der Waals surface area (Å²) in [7, 11) is 0. The Morgan fingerprint density at radius 3 is 2.63 bits per heavy atom. The van der Waals surface area contributed by atoms with Gasteiger partial charge in [0.05, 0.1) is 11.3 Å². The van der Waals surface area contributed by atoms with E-state index in [0.29, 0.717) is 5.92 Å². The minimum absolute atomic E-state index is 0.0750. The molecular formula is C13H15FN2O3. The van der Waals surface area contributed by atoms with Crippen molar-refractivity contribution in [3.63, 3.8) is 0 Å². The molecule has 2 amide bonds. The maximum absolute atomic E-state index is 13.5. The van der Waals surface area contributed by atoms with Crippen LogP contribution in [0.15, 0.2) is 18.2 Å². The lowest BCUT2D eigenvalue weighted by Gasteiger charge is -2.33. The molecule has 0 aromatic heterocycles. The summed E-state index contributed by atoms with van der Waals surface area (Å²) in [6, 6.07) is 2.86. The van der Waals surface area contributed by atoms with Crippen molar-refractivity contribution in [2.24, 2.45) is 5.92 Å². The average molecular weight is 266 g/mol. The topological polar surface area (TPSA) is 78.4 Å². The van der Waals surface area contributed by atoms with Crippen LogP contribution in [0.4, 0.5) is 14.9 Å². The van der Waals surface area contributed by atoms with Gasteiger partial charge in [-0.25, -0.2) is 14.0 Å². The number of aromatic carboxylic acids is 1. The van der Waals surface area contributed by atoms with Crippen molar-refractivity contribution in [2.75, 3.05) is 5.32 Å². The number of amides is 2. The Morgan fingerprint density at radius 2 is 2.05 bits per heavy atom. The van der Waals surface area contributed by atoms with Crippen molar-refractivity contribution in [2.45, 2.75) is 25.8 Å². The van der Waals surface area contributed by atoms with Gasteiger partial charge < -0.3 is 15.7 Å². The van der Waals surface area contributed by atoms with Gasteiger partial charge in [-0.05, 0) is 37.0 Å². The summed E-state index contributed by atoms with van der Waals surface area (Å²) >= 11 is 0. The van der Waals surface area contributed by atoms with Crippen molar-refractivity contribution in [3.8, 4) is 0 Å². The first-order valence-corrected chi connectivity index (χ1v) is 6.06. The predicted octanol–water partition coefficient (Wildman–Crippen LogP) is 2.44. The molecule has 0 radical (unpaired) electrons. The van der Waals surface area contributed by atoms with Crippen LogP contribution in [0.3, 0.4) is 0 Å². The van der Waals surface area contributed by atoms with Gasteiger partial charge in [-0.15, -0.1) is 0 Å². The third-order valence-electron chi connectivity index (χ3n) is 3.17. The molecule has 3 N–H and O–H groups in total. The van der Waals surface area contributed by atoms with Crippen molar-refractivity contribution in [1.29, 1.82) is 0 Å². The van der Waals surface area contributed by atoms with Gasteiger partial charge in [0.2, 0.25) is 0 Å². The molecule has 6 heteroatoms. The van der Waals surface area contributed by atoms with E-state index >= 15 is 0 Å². The summed E-state index contributed by atoms with van der Waals surface area (Å²) in [4.78, 5) is 22.4. The normalized spacial score (nSPS) is 21.4. The smallest absolute Gasteiger partial charge is 0.335 e. The first-order chi connectivity index (χ1) is 8.95. The predicted molar refractivity (Wildman–Crippen MR) is 67.7 cm³/mol. The summed E-state index contributed by atoms with van der Waals surface area (Å²) < 4.78 is 13.5. The van der Waals surface area contributed by atoms with Gasteiger partial charge in [-0.3, -0.25) is 0 Å². The van der Waals surface area contributed by atoms with Gasteiger partial charge >= 0.3 is 12.0 Å². The second-order valence-electron chi connectivity index (χ2n) is 4.87. The molecular weight excluding hydrogens is 251 g/mol. The van der Waals surface area contributed by atoms with Crippen molar-refractivity contribution >= 4 is 17.7 Å². The number of carboxylic acid groups (broad SMARTS) is 1. The number of nitrogens with one attached hydrogen (secondary N) is 2. The third-order valence-corrected chi connectivity index (χ3v) is 3.17. The van der Waals surface area contributed by atoms with Crippen LogP contribution in [0.25, 0.3) is 0 Å².